The Kier molecular flexibility index (Phi) is 7.50. The highest BCUT2D eigenvalue weighted by atomic mass is 19.1. The number of methoxy groups -OCH3 is 1. The molecule has 3 aromatic rings. The molecule has 1 unspecified atom stereocenters. The molecule has 0 spiro atoms. The number of aryl methyl sites for hydroxylation is 1. The average Bonchev–Trinajstić information content (AvgIpc) is 2.80. The number of amides is 2. The average molecular weight is 452 g/mol. The normalized spacial score (nSPS) is 11.4. The predicted molar refractivity (Wildman–Crippen MR) is 119 cm³/mol. The van der Waals surface area contributed by atoms with Crippen LogP contribution in [0.2, 0.25) is 0 Å². The quantitative estimate of drug-likeness (QED) is 0.515. The van der Waals surface area contributed by atoms with Crippen LogP contribution in [-0.4, -0.2) is 24.9 Å². The van der Waals surface area contributed by atoms with Gasteiger partial charge >= 0.3 is 5.97 Å². The highest BCUT2D eigenvalue weighted by Crippen LogP contribution is 2.22. The molecular formula is C25H22F2N2O4. The molecule has 2 N–H and O–H groups in total. The first kappa shape index (κ1) is 23.6. The van der Waals surface area contributed by atoms with E-state index in [0.29, 0.717) is 16.8 Å². The molecule has 0 saturated heterocycles. The Hall–Kier alpha value is -4.07. The SMILES string of the molecule is COC(=O)CC(NC(=O)c1ccc(C)c(NC(=O)c2ccccc2F)c1)c1ccc(F)cc1. The summed E-state index contributed by atoms with van der Waals surface area (Å²) in [5.41, 5.74) is 1.61. The highest BCUT2D eigenvalue weighted by molar-refractivity contribution is 6.05. The Balaban J connectivity index is 1.82. The van der Waals surface area contributed by atoms with Crippen LogP contribution in [0.15, 0.2) is 66.7 Å². The summed E-state index contributed by atoms with van der Waals surface area (Å²) in [5.74, 6) is -2.83. The molecule has 3 rings (SSSR count). The van der Waals surface area contributed by atoms with Crippen molar-refractivity contribution in [3.05, 3.63) is 101 Å². The molecule has 1 atom stereocenters. The zero-order valence-corrected chi connectivity index (χ0v) is 18.0. The van der Waals surface area contributed by atoms with Gasteiger partial charge in [-0.1, -0.05) is 30.3 Å². The number of esters is 1. The number of halogens is 2. The number of anilines is 1. The minimum atomic E-state index is -0.761. The number of ether oxygens (including phenoxy) is 1. The molecule has 0 bridgehead atoms. The number of nitrogens with one attached hydrogen (secondary N) is 2. The number of rotatable bonds is 7. The van der Waals surface area contributed by atoms with Gasteiger partial charge in [-0.2, -0.15) is 0 Å². The zero-order valence-electron chi connectivity index (χ0n) is 18.0. The summed E-state index contributed by atoms with van der Waals surface area (Å²) in [7, 11) is 1.23. The highest BCUT2D eigenvalue weighted by Gasteiger charge is 2.21. The lowest BCUT2D eigenvalue weighted by Crippen LogP contribution is -2.30. The predicted octanol–water partition coefficient (Wildman–Crippen LogP) is 4.56. The lowest BCUT2D eigenvalue weighted by atomic mass is 10.0. The largest absolute Gasteiger partial charge is 0.469 e. The van der Waals surface area contributed by atoms with E-state index < -0.39 is 35.5 Å². The summed E-state index contributed by atoms with van der Waals surface area (Å²) >= 11 is 0. The van der Waals surface area contributed by atoms with Crippen molar-refractivity contribution in [1.29, 1.82) is 0 Å². The molecular weight excluding hydrogens is 430 g/mol. The second kappa shape index (κ2) is 10.5. The van der Waals surface area contributed by atoms with Gasteiger partial charge in [0, 0.05) is 11.3 Å². The summed E-state index contributed by atoms with van der Waals surface area (Å²) in [6.07, 6.45) is -0.156. The standard InChI is InChI=1S/C25H22F2N2O4/c1-15-7-8-17(13-21(15)28-25(32)19-5-3-4-6-20(19)27)24(31)29-22(14-23(30)33-2)16-9-11-18(26)12-10-16/h3-13,22H,14H2,1-2H3,(H,28,32)(H,29,31). The van der Waals surface area contributed by atoms with Gasteiger partial charge in [-0.3, -0.25) is 14.4 Å². The van der Waals surface area contributed by atoms with Crippen LogP contribution < -0.4 is 10.6 Å². The Morgan fingerprint density at radius 1 is 0.939 bits per heavy atom. The van der Waals surface area contributed by atoms with Crippen molar-refractivity contribution < 1.29 is 27.9 Å². The Morgan fingerprint density at radius 2 is 1.64 bits per heavy atom. The minimum Gasteiger partial charge on any atom is -0.469 e. The first-order chi connectivity index (χ1) is 15.8. The molecule has 0 heterocycles. The number of carbonyl (C=O) groups is 3. The van der Waals surface area contributed by atoms with Crippen LogP contribution in [0.3, 0.4) is 0 Å². The van der Waals surface area contributed by atoms with Gasteiger partial charge < -0.3 is 15.4 Å². The van der Waals surface area contributed by atoms with E-state index in [1.807, 2.05) is 0 Å². The topological polar surface area (TPSA) is 84.5 Å². The molecule has 6 nitrogen and oxygen atoms in total. The Morgan fingerprint density at radius 3 is 2.30 bits per heavy atom. The molecule has 0 aromatic heterocycles. The molecule has 3 aromatic carbocycles. The lowest BCUT2D eigenvalue weighted by Gasteiger charge is -2.19. The van der Waals surface area contributed by atoms with E-state index in [-0.39, 0.29) is 17.5 Å². The van der Waals surface area contributed by atoms with Crippen LogP contribution in [0.5, 0.6) is 0 Å². The third-order valence-corrected chi connectivity index (χ3v) is 5.04. The van der Waals surface area contributed by atoms with E-state index in [1.165, 1.54) is 55.6 Å². The molecule has 0 aliphatic rings. The van der Waals surface area contributed by atoms with Crippen molar-refractivity contribution in [2.75, 3.05) is 12.4 Å². The first-order valence-electron chi connectivity index (χ1n) is 10.1. The fourth-order valence-corrected chi connectivity index (χ4v) is 3.17. The van der Waals surface area contributed by atoms with Crippen LogP contribution in [0, 0.1) is 18.6 Å². The van der Waals surface area contributed by atoms with Crippen LogP contribution >= 0.6 is 0 Å². The summed E-state index contributed by atoms with van der Waals surface area (Å²) in [6, 6.07) is 14.9. The third kappa shape index (κ3) is 6.00. The van der Waals surface area contributed by atoms with Crippen LogP contribution in [0.25, 0.3) is 0 Å². The van der Waals surface area contributed by atoms with Crippen LogP contribution in [0.4, 0.5) is 14.5 Å². The fraction of sp³-hybridized carbons (Fsp3) is 0.160. The lowest BCUT2D eigenvalue weighted by molar-refractivity contribution is -0.141. The van der Waals surface area contributed by atoms with Gasteiger partial charge in [0.15, 0.2) is 0 Å². The smallest absolute Gasteiger partial charge is 0.307 e. The van der Waals surface area contributed by atoms with E-state index in [0.717, 1.165) is 0 Å². The molecule has 0 fully saturated rings. The van der Waals surface area contributed by atoms with Gasteiger partial charge in [0.1, 0.15) is 11.6 Å². The van der Waals surface area contributed by atoms with Gasteiger partial charge in [0.2, 0.25) is 0 Å². The summed E-state index contributed by atoms with van der Waals surface area (Å²) < 4.78 is 31.9. The van der Waals surface area contributed by atoms with Crippen molar-refractivity contribution in [3.63, 3.8) is 0 Å². The molecule has 2 amide bonds. The molecule has 0 saturated carbocycles. The molecule has 8 heteroatoms. The maximum absolute atomic E-state index is 13.9. The van der Waals surface area contributed by atoms with E-state index >= 15 is 0 Å². The van der Waals surface area contributed by atoms with Crippen molar-refractivity contribution in [1.82, 2.24) is 5.32 Å². The minimum absolute atomic E-state index is 0.124. The van der Waals surface area contributed by atoms with Gasteiger partial charge in [0.25, 0.3) is 11.8 Å². The van der Waals surface area contributed by atoms with Crippen molar-refractivity contribution in [2.45, 2.75) is 19.4 Å². The van der Waals surface area contributed by atoms with Gasteiger partial charge in [-0.25, -0.2) is 8.78 Å². The number of carbonyl (C=O) groups excluding carboxylic acids is 3. The maximum atomic E-state index is 13.9. The van der Waals surface area contributed by atoms with Crippen LogP contribution in [0.1, 0.15) is 44.3 Å². The van der Waals surface area contributed by atoms with Gasteiger partial charge in [-0.05, 0) is 54.4 Å². The van der Waals surface area contributed by atoms with E-state index in [4.69, 9.17) is 4.74 Å². The molecule has 0 aliphatic carbocycles. The number of hydrogen-bond donors (Lipinski definition) is 2. The fourth-order valence-electron chi connectivity index (χ4n) is 3.17. The monoisotopic (exact) mass is 452 g/mol. The summed E-state index contributed by atoms with van der Waals surface area (Å²) in [5, 5.41) is 5.36. The number of benzene rings is 3. The van der Waals surface area contributed by atoms with Crippen molar-refractivity contribution >= 4 is 23.5 Å². The second-order valence-electron chi connectivity index (χ2n) is 7.32. The van der Waals surface area contributed by atoms with Crippen molar-refractivity contribution in [3.8, 4) is 0 Å². The molecule has 0 radical (unpaired) electrons. The maximum Gasteiger partial charge on any atom is 0.307 e. The Bertz CT molecular complexity index is 1180. The van der Waals surface area contributed by atoms with Gasteiger partial charge in [-0.15, -0.1) is 0 Å². The second-order valence-corrected chi connectivity index (χ2v) is 7.32. The number of hydrogen-bond acceptors (Lipinski definition) is 4. The summed E-state index contributed by atoms with van der Waals surface area (Å²) in [4.78, 5) is 37.2. The molecule has 0 aliphatic heterocycles. The summed E-state index contributed by atoms with van der Waals surface area (Å²) in [6.45, 7) is 1.73. The third-order valence-electron chi connectivity index (χ3n) is 5.04. The molecule has 170 valence electrons. The zero-order chi connectivity index (χ0) is 24.0. The van der Waals surface area contributed by atoms with E-state index in [1.54, 1.807) is 25.1 Å². The van der Waals surface area contributed by atoms with Crippen molar-refractivity contribution in [2.24, 2.45) is 0 Å². The first-order valence-corrected chi connectivity index (χ1v) is 10.1. The Labute approximate surface area is 189 Å². The molecule has 33 heavy (non-hydrogen) atoms. The van der Waals surface area contributed by atoms with Crippen LogP contribution in [-0.2, 0) is 9.53 Å². The van der Waals surface area contributed by atoms with E-state index in [9.17, 15) is 23.2 Å². The van der Waals surface area contributed by atoms with E-state index in [2.05, 4.69) is 10.6 Å². The van der Waals surface area contributed by atoms with Gasteiger partial charge in [0.05, 0.1) is 25.1 Å².